The van der Waals surface area contributed by atoms with Crippen molar-refractivity contribution < 1.29 is 9.50 Å². The van der Waals surface area contributed by atoms with Crippen molar-refractivity contribution in [3.63, 3.8) is 0 Å². The van der Waals surface area contributed by atoms with Crippen LogP contribution in [-0.2, 0) is 13.0 Å². The quantitative estimate of drug-likeness (QED) is 0.906. The van der Waals surface area contributed by atoms with Gasteiger partial charge in [0.05, 0.1) is 23.9 Å². The van der Waals surface area contributed by atoms with Crippen LogP contribution in [0.5, 0.6) is 0 Å². The van der Waals surface area contributed by atoms with Gasteiger partial charge in [0, 0.05) is 32.2 Å². The zero-order chi connectivity index (χ0) is 18.8. The average Bonchev–Trinajstić information content (AvgIpc) is 2.73. The number of hydrogen-bond donors (Lipinski definition) is 1. The summed E-state index contributed by atoms with van der Waals surface area (Å²) in [7, 11) is 0. The number of aliphatic hydroxyl groups is 1. The highest BCUT2D eigenvalue weighted by Gasteiger charge is 2.29. The molecule has 140 valence electrons. The Morgan fingerprint density at radius 2 is 1.93 bits per heavy atom. The molecule has 27 heavy (non-hydrogen) atoms. The Morgan fingerprint density at radius 1 is 1.11 bits per heavy atom. The van der Waals surface area contributed by atoms with Crippen LogP contribution in [0.15, 0.2) is 36.4 Å². The van der Waals surface area contributed by atoms with Crippen LogP contribution in [-0.4, -0.2) is 36.2 Å². The monoisotopic (exact) mass is 365 g/mol. The van der Waals surface area contributed by atoms with Crippen molar-refractivity contribution in [2.75, 3.05) is 31.1 Å². The zero-order valence-electron chi connectivity index (χ0n) is 15.4. The third kappa shape index (κ3) is 3.55. The zero-order valence-corrected chi connectivity index (χ0v) is 15.4. The maximum Gasteiger partial charge on any atom is 0.147 e. The third-order valence-electron chi connectivity index (χ3n) is 5.85. The lowest BCUT2D eigenvalue weighted by atomic mass is 9.85. The Hall–Kier alpha value is -2.42. The topological polar surface area (TPSA) is 50.5 Å². The molecule has 2 aliphatic rings. The van der Waals surface area contributed by atoms with Gasteiger partial charge in [0.25, 0.3) is 0 Å². The van der Waals surface area contributed by atoms with Gasteiger partial charge in [-0.2, -0.15) is 5.26 Å². The number of aliphatic hydroxyl groups excluding tert-OH is 1. The molecule has 1 aliphatic heterocycles. The van der Waals surface area contributed by atoms with Crippen LogP contribution in [0.1, 0.15) is 41.1 Å². The first-order valence-corrected chi connectivity index (χ1v) is 9.61. The highest BCUT2D eigenvalue weighted by atomic mass is 19.1. The summed E-state index contributed by atoms with van der Waals surface area (Å²) in [5.74, 6) is -0.318. The number of aryl methyl sites for hydroxylation is 1. The van der Waals surface area contributed by atoms with Gasteiger partial charge in [-0.05, 0) is 54.2 Å². The van der Waals surface area contributed by atoms with Gasteiger partial charge in [0.15, 0.2) is 0 Å². The van der Waals surface area contributed by atoms with Crippen LogP contribution >= 0.6 is 0 Å². The smallest absolute Gasteiger partial charge is 0.147 e. The fourth-order valence-corrected chi connectivity index (χ4v) is 4.43. The molecule has 4 nitrogen and oxygen atoms in total. The van der Waals surface area contributed by atoms with Gasteiger partial charge >= 0.3 is 0 Å². The highest BCUT2D eigenvalue weighted by Crippen LogP contribution is 2.36. The van der Waals surface area contributed by atoms with E-state index in [1.807, 2.05) is 12.1 Å². The summed E-state index contributed by atoms with van der Waals surface area (Å²) >= 11 is 0. The predicted molar refractivity (Wildman–Crippen MR) is 103 cm³/mol. The van der Waals surface area contributed by atoms with Gasteiger partial charge in [0.2, 0.25) is 0 Å². The first kappa shape index (κ1) is 18.0. The van der Waals surface area contributed by atoms with Crippen molar-refractivity contribution in [1.82, 2.24) is 4.90 Å². The normalized spacial score (nSPS) is 20.2. The maximum absolute atomic E-state index is 14.3. The summed E-state index contributed by atoms with van der Waals surface area (Å²) < 4.78 is 14.3. The molecule has 1 N–H and O–H groups in total. The standard InChI is InChI=1S/C22H24FN3O/c23-20-13-16(14-24)5-7-22(20)26-10-8-25(9-11-26)21-3-1-2-18-12-17(15-27)4-6-19(18)21/h4-7,12-13,21,27H,1-3,8-11,15H2/t21-/m0/s1. The second-order valence-corrected chi connectivity index (χ2v) is 7.40. The van der Waals surface area contributed by atoms with E-state index in [9.17, 15) is 9.50 Å². The number of nitriles is 1. The minimum absolute atomic E-state index is 0.0901. The van der Waals surface area contributed by atoms with E-state index >= 15 is 0 Å². The first-order valence-electron chi connectivity index (χ1n) is 9.61. The largest absolute Gasteiger partial charge is 0.392 e. The number of halogens is 1. The summed E-state index contributed by atoms with van der Waals surface area (Å²) in [4.78, 5) is 4.58. The van der Waals surface area contributed by atoms with E-state index in [1.54, 1.807) is 12.1 Å². The van der Waals surface area contributed by atoms with Gasteiger partial charge in [-0.3, -0.25) is 4.90 Å². The second-order valence-electron chi connectivity index (χ2n) is 7.40. The molecule has 0 amide bonds. The molecule has 5 heteroatoms. The van der Waals surface area contributed by atoms with Crippen LogP contribution in [0.2, 0.25) is 0 Å². The van der Waals surface area contributed by atoms with Gasteiger partial charge in [0.1, 0.15) is 5.82 Å². The van der Waals surface area contributed by atoms with Crippen LogP contribution in [0.3, 0.4) is 0 Å². The van der Waals surface area contributed by atoms with Gasteiger partial charge in [-0.25, -0.2) is 4.39 Å². The minimum atomic E-state index is -0.318. The molecular weight excluding hydrogens is 341 g/mol. The van der Waals surface area contributed by atoms with E-state index in [1.165, 1.54) is 17.2 Å². The van der Waals surface area contributed by atoms with Gasteiger partial charge < -0.3 is 10.0 Å². The summed E-state index contributed by atoms with van der Waals surface area (Å²) in [5, 5.41) is 18.3. The van der Waals surface area contributed by atoms with Crippen molar-refractivity contribution in [3.05, 3.63) is 64.5 Å². The van der Waals surface area contributed by atoms with E-state index in [4.69, 9.17) is 5.26 Å². The van der Waals surface area contributed by atoms with Crippen molar-refractivity contribution in [1.29, 1.82) is 5.26 Å². The van der Waals surface area contributed by atoms with E-state index in [2.05, 4.69) is 21.9 Å². The van der Waals surface area contributed by atoms with Crippen molar-refractivity contribution >= 4 is 5.69 Å². The van der Waals surface area contributed by atoms with Crippen molar-refractivity contribution in [2.45, 2.75) is 31.9 Å². The Bertz CT molecular complexity index is 868. The fraction of sp³-hybridized carbons (Fsp3) is 0.409. The highest BCUT2D eigenvalue weighted by molar-refractivity contribution is 5.51. The molecule has 1 aliphatic carbocycles. The van der Waals surface area contributed by atoms with Gasteiger partial charge in [-0.15, -0.1) is 0 Å². The van der Waals surface area contributed by atoms with E-state index in [-0.39, 0.29) is 12.4 Å². The summed E-state index contributed by atoms with van der Waals surface area (Å²) in [6, 6.07) is 13.5. The average molecular weight is 365 g/mol. The van der Waals surface area contributed by atoms with Crippen LogP contribution in [0, 0.1) is 17.1 Å². The van der Waals surface area contributed by atoms with Crippen LogP contribution in [0.25, 0.3) is 0 Å². The molecule has 2 aromatic carbocycles. The number of benzene rings is 2. The number of hydrogen-bond acceptors (Lipinski definition) is 4. The van der Waals surface area contributed by atoms with E-state index in [0.717, 1.165) is 51.0 Å². The Balaban J connectivity index is 1.47. The van der Waals surface area contributed by atoms with Crippen LogP contribution < -0.4 is 4.90 Å². The molecule has 0 unspecified atom stereocenters. The molecule has 0 saturated carbocycles. The SMILES string of the molecule is N#Cc1ccc(N2CCN([C@H]3CCCc4cc(CO)ccc43)CC2)c(F)c1. The first-order chi connectivity index (χ1) is 13.2. The van der Waals surface area contributed by atoms with E-state index in [0.29, 0.717) is 17.3 Å². The molecule has 1 saturated heterocycles. The van der Waals surface area contributed by atoms with Crippen molar-refractivity contribution in [3.8, 4) is 6.07 Å². The fourth-order valence-electron chi connectivity index (χ4n) is 4.43. The Kier molecular flexibility index (Phi) is 5.11. The number of rotatable bonds is 3. The lowest BCUT2D eigenvalue weighted by molar-refractivity contribution is 0.168. The molecular formula is C22H24FN3O. The Labute approximate surface area is 159 Å². The molecule has 1 atom stereocenters. The summed E-state index contributed by atoms with van der Waals surface area (Å²) in [6.07, 6.45) is 3.39. The molecule has 4 rings (SSSR count). The molecule has 1 heterocycles. The molecule has 2 aromatic rings. The second kappa shape index (κ2) is 7.67. The Morgan fingerprint density at radius 3 is 2.63 bits per heavy atom. The number of fused-ring (bicyclic) bond motifs is 1. The lowest BCUT2D eigenvalue weighted by Gasteiger charge is -2.42. The summed E-state index contributed by atoms with van der Waals surface area (Å²) in [5.41, 5.74) is 4.67. The minimum Gasteiger partial charge on any atom is -0.392 e. The molecule has 0 radical (unpaired) electrons. The summed E-state index contributed by atoms with van der Waals surface area (Å²) in [6.45, 7) is 3.44. The predicted octanol–water partition coefficient (Wildman–Crippen LogP) is 3.39. The molecule has 0 aromatic heterocycles. The third-order valence-corrected chi connectivity index (χ3v) is 5.85. The van der Waals surface area contributed by atoms with Crippen LogP contribution in [0.4, 0.5) is 10.1 Å². The number of anilines is 1. The molecule has 0 bridgehead atoms. The number of nitrogens with zero attached hydrogens (tertiary/aromatic N) is 3. The lowest BCUT2D eigenvalue weighted by Crippen LogP contribution is -2.48. The van der Waals surface area contributed by atoms with E-state index < -0.39 is 0 Å². The van der Waals surface area contributed by atoms with Gasteiger partial charge in [-0.1, -0.05) is 18.2 Å². The maximum atomic E-state index is 14.3. The molecule has 0 spiro atoms. The number of piperazine rings is 1. The van der Waals surface area contributed by atoms with Crippen molar-refractivity contribution in [2.24, 2.45) is 0 Å². The molecule has 1 fully saturated rings.